The summed E-state index contributed by atoms with van der Waals surface area (Å²) in [4.78, 5) is 27.9. The number of benzene rings is 2. The minimum Gasteiger partial charge on any atom is -0.494 e. The maximum Gasteiger partial charge on any atom is 0.244 e. The van der Waals surface area contributed by atoms with Crippen molar-refractivity contribution < 1.29 is 22.7 Å². The van der Waals surface area contributed by atoms with Crippen molar-refractivity contribution >= 4 is 39.1 Å². The Balaban J connectivity index is 2.41. The van der Waals surface area contributed by atoms with E-state index >= 15 is 0 Å². The Hall–Kier alpha value is -2.78. The number of hydrogen-bond donors (Lipinski definition) is 1. The first-order valence-corrected chi connectivity index (χ1v) is 13.9. The number of sulfonamides is 1. The van der Waals surface area contributed by atoms with Crippen LogP contribution in [-0.4, -0.2) is 57.1 Å². The molecule has 0 spiro atoms. The van der Waals surface area contributed by atoms with Gasteiger partial charge in [-0.15, -0.1) is 0 Å². The lowest BCUT2D eigenvalue weighted by molar-refractivity contribution is -0.140. The quantitative estimate of drug-likeness (QED) is 0.430. The summed E-state index contributed by atoms with van der Waals surface area (Å²) in [7, 11) is -3.80. The highest BCUT2D eigenvalue weighted by Crippen LogP contribution is 2.24. The van der Waals surface area contributed by atoms with Gasteiger partial charge in [-0.25, -0.2) is 8.42 Å². The van der Waals surface area contributed by atoms with E-state index in [1.54, 1.807) is 48.5 Å². The fourth-order valence-electron chi connectivity index (χ4n) is 3.58. The van der Waals surface area contributed by atoms with Crippen molar-refractivity contribution in [3.63, 3.8) is 0 Å². The molecule has 192 valence electrons. The minimum absolute atomic E-state index is 0.0669. The molecule has 10 heteroatoms. The largest absolute Gasteiger partial charge is 0.494 e. The summed E-state index contributed by atoms with van der Waals surface area (Å²) in [6, 6.07) is 12.7. The van der Waals surface area contributed by atoms with Crippen molar-refractivity contribution in [1.29, 1.82) is 0 Å². The van der Waals surface area contributed by atoms with Gasteiger partial charge in [-0.3, -0.25) is 13.9 Å². The molecule has 0 aliphatic rings. The number of nitrogens with zero attached hydrogens (tertiary/aromatic N) is 2. The molecule has 0 bridgehead atoms. The molecule has 8 nitrogen and oxygen atoms in total. The van der Waals surface area contributed by atoms with E-state index in [2.05, 4.69) is 5.32 Å². The van der Waals surface area contributed by atoms with Crippen LogP contribution in [0, 0.1) is 0 Å². The van der Waals surface area contributed by atoms with Crippen LogP contribution >= 0.6 is 11.6 Å². The molecule has 2 aromatic rings. The van der Waals surface area contributed by atoms with Gasteiger partial charge in [0.15, 0.2) is 0 Å². The zero-order valence-corrected chi connectivity index (χ0v) is 22.2. The lowest BCUT2D eigenvalue weighted by atomic mass is 10.1. The zero-order chi connectivity index (χ0) is 26.0. The number of rotatable bonds is 13. The number of ether oxygens (including phenoxy) is 1. The van der Waals surface area contributed by atoms with Gasteiger partial charge in [0.2, 0.25) is 21.8 Å². The molecule has 2 rings (SSSR count). The normalized spacial score (nSPS) is 12.0. The van der Waals surface area contributed by atoms with Gasteiger partial charge in [0.05, 0.1) is 18.6 Å². The number of carbonyl (C=O) groups excluding carboxylic acids is 2. The number of anilines is 1. The summed E-state index contributed by atoms with van der Waals surface area (Å²) in [5.41, 5.74) is 0.988. The second-order valence-corrected chi connectivity index (χ2v) is 10.3. The lowest BCUT2D eigenvalue weighted by Gasteiger charge is -2.33. The van der Waals surface area contributed by atoms with Crippen molar-refractivity contribution in [1.82, 2.24) is 10.2 Å². The van der Waals surface area contributed by atoms with Gasteiger partial charge < -0.3 is 15.0 Å². The van der Waals surface area contributed by atoms with E-state index in [1.807, 2.05) is 20.8 Å². The first-order chi connectivity index (χ1) is 16.6. The molecule has 1 atom stereocenters. The van der Waals surface area contributed by atoms with Crippen molar-refractivity contribution in [2.75, 3.05) is 30.3 Å². The van der Waals surface area contributed by atoms with Crippen molar-refractivity contribution in [2.45, 2.75) is 46.2 Å². The Kier molecular flexibility index (Phi) is 10.9. The summed E-state index contributed by atoms with van der Waals surface area (Å²) in [5, 5.41) is 3.30. The fourth-order valence-corrected chi connectivity index (χ4v) is 4.63. The summed E-state index contributed by atoms with van der Waals surface area (Å²) < 4.78 is 31.8. The highest BCUT2D eigenvalue weighted by molar-refractivity contribution is 7.92. The molecule has 0 aliphatic carbocycles. The third-order valence-electron chi connectivity index (χ3n) is 5.35. The van der Waals surface area contributed by atoms with Gasteiger partial charge in [0.1, 0.15) is 18.3 Å². The zero-order valence-electron chi connectivity index (χ0n) is 20.7. The highest BCUT2D eigenvalue weighted by atomic mass is 35.5. The standard InChI is InChI=1S/C25H34ClN3O5S/c1-5-16-27-25(31)23(6-2)28(17-19-10-8-9-11-22(19)26)24(30)18-29(35(4,32)33)20-12-14-21(15-13-20)34-7-3/h8-15,23H,5-7,16-18H2,1-4H3,(H,27,31)/t23-/m1/s1. The summed E-state index contributed by atoms with van der Waals surface area (Å²) in [6.45, 7) is 6.16. The van der Waals surface area contributed by atoms with Gasteiger partial charge >= 0.3 is 0 Å². The Morgan fingerprint density at radius 1 is 1.06 bits per heavy atom. The summed E-state index contributed by atoms with van der Waals surface area (Å²) >= 11 is 6.34. The maximum absolute atomic E-state index is 13.6. The molecule has 0 fully saturated rings. The van der Waals surface area contributed by atoms with Gasteiger partial charge in [-0.05, 0) is 55.7 Å². The van der Waals surface area contributed by atoms with E-state index in [-0.39, 0.29) is 12.5 Å². The van der Waals surface area contributed by atoms with Gasteiger partial charge in [-0.2, -0.15) is 0 Å². The van der Waals surface area contributed by atoms with Crippen LogP contribution in [-0.2, 0) is 26.2 Å². The van der Waals surface area contributed by atoms with Gasteiger partial charge in [-0.1, -0.05) is 43.6 Å². The Bertz CT molecular complexity index is 1090. The molecule has 0 unspecified atom stereocenters. The molecule has 0 saturated carbocycles. The van der Waals surface area contributed by atoms with Crippen LogP contribution in [0.15, 0.2) is 48.5 Å². The fraction of sp³-hybridized carbons (Fsp3) is 0.440. The minimum atomic E-state index is -3.80. The van der Waals surface area contributed by atoms with Crippen LogP contribution in [0.2, 0.25) is 5.02 Å². The first kappa shape index (κ1) is 28.5. The average Bonchev–Trinajstić information content (AvgIpc) is 2.82. The number of hydrogen-bond acceptors (Lipinski definition) is 5. The highest BCUT2D eigenvalue weighted by Gasteiger charge is 2.32. The van der Waals surface area contributed by atoms with Crippen LogP contribution in [0.1, 0.15) is 39.2 Å². The number of halogens is 1. The molecule has 0 heterocycles. The number of nitrogens with one attached hydrogen (secondary N) is 1. The molecular formula is C25H34ClN3O5S. The van der Waals surface area contributed by atoms with Crippen LogP contribution in [0.3, 0.4) is 0 Å². The van der Waals surface area contributed by atoms with Gasteiger partial charge in [0, 0.05) is 18.1 Å². The predicted molar refractivity (Wildman–Crippen MR) is 139 cm³/mol. The second kappa shape index (κ2) is 13.3. The molecule has 0 aliphatic heterocycles. The first-order valence-electron chi connectivity index (χ1n) is 11.6. The Labute approximate surface area is 213 Å². The monoisotopic (exact) mass is 523 g/mol. The van der Waals surface area contributed by atoms with E-state index in [0.717, 1.165) is 17.0 Å². The molecule has 2 aromatic carbocycles. The van der Waals surface area contributed by atoms with E-state index in [9.17, 15) is 18.0 Å². The predicted octanol–water partition coefficient (Wildman–Crippen LogP) is 3.84. The second-order valence-electron chi connectivity index (χ2n) is 8.02. The smallest absolute Gasteiger partial charge is 0.244 e. The van der Waals surface area contributed by atoms with Crippen LogP contribution in [0.5, 0.6) is 5.75 Å². The molecule has 0 radical (unpaired) electrons. The van der Waals surface area contributed by atoms with Crippen LogP contribution < -0.4 is 14.4 Å². The topological polar surface area (TPSA) is 96.0 Å². The lowest BCUT2D eigenvalue weighted by Crippen LogP contribution is -2.52. The van der Waals surface area contributed by atoms with E-state index in [4.69, 9.17) is 16.3 Å². The van der Waals surface area contributed by atoms with Crippen molar-refractivity contribution in [2.24, 2.45) is 0 Å². The van der Waals surface area contributed by atoms with Crippen LogP contribution in [0.25, 0.3) is 0 Å². The van der Waals surface area contributed by atoms with E-state index in [1.165, 1.54) is 4.90 Å². The molecule has 1 N–H and O–H groups in total. The van der Waals surface area contributed by atoms with Crippen molar-refractivity contribution in [3.8, 4) is 5.75 Å². The van der Waals surface area contributed by atoms with Crippen molar-refractivity contribution in [3.05, 3.63) is 59.1 Å². The van der Waals surface area contributed by atoms with Crippen LogP contribution in [0.4, 0.5) is 5.69 Å². The third-order valence-corrected chi connectivity index (χ3v) is 6.86. The summed E-state index contributed by atoms with van der Waals surface area (Å²) in [6.07, 6.45) is 2.15. The molecule has 2 amide bonds. The van der Waals surface area contributed by atoms with E-state index in [0.29, 0.717) is 41.6 Å². The molecule has 0 saturated heterocycles. The number of amides is 2. The summed E-state index contributed by atoms with van der Waals surface area (Å²) in [5.74, 6) is -0.209. The third kappa shape index (κ3) is 8.14. The Morgan fingerprint density at radius 3 is 2.26 bits per heavy atom. The molecule has 0 aromatic heterocycles. The molecular weight excluding hydrogens is 490 g/mol. The SMILES string of the molecule is CCCNC(=O)[C@@H](CC)N(Cc1ccccc1Cl)C(=O)CN(c1ccc(OCC)cc1)S(C)(=O)=O. The van der Waals surface area contributed by atoms with E-state index < -0.39 is 28.5 Å². The maximum atomic E-state index is 13.6. The number of carbonyl (C=O) groups is 2. The average molecular weight is 524 g/mol. The van der Waals surface area contributed by atoms with Gasteiger partial charge in [0.25, 0.3) is 0 Å². The Morgan fingerprint density at radius 2 is 1.71 bits per heavy atom. The molecule has 35 heavy (non-hydrogen) atoms.